The summed E-state index contributed by atoms with van der Waals surface area (Å²) in [5.74, 6) is 1.34. The molecule has 3 aliphatic rings. The van der Waals surface area contributed by atoms with Gasteiger partial charge in [0.05, 0.1) is 21.6 Å². The van der Waals surface area contributed by atoms with Gasteiger partial charge in [0.15, 0.2) is 5.79 Å². The molecule has 162 valence electrons. The highest BCUT2D eigenvalue weighted by Crippen LogP contribution is 2.43. The number of nitrogens with zero attached hydrogens (tertiary/aromatic N) is 1. The van der Waals surface area contributed by atoms with Crippen LogP contribution in [0.4, 0.5) is 0 Å². The average Bonchev–Trinajstić information content (AvgIpc) is 3.01. The van der Waals surface area contributed by atoms with Gasteiger partial charge in [0.25, 0.3) is 0 Å². The largest absolute Gasteiger partial charge is 0.389 e. The lowest BCUT2D eigenvalue weighted by Gasteiger charge is -2.43. The van der Waals surface area contributed by atoms with Gasteiger partial charge in [0, 0.05) is 6.54 Å². The zero-order valence-electron chi connectivity index (χ0n) is 17.0. The maximum absolute atomic E-state index is 13.6. The minimum Gasteiger partial charge on any atom is -0.389 e. The minimum atomic E-state index is -3.77. The highest BCUT2D eigenvalue weighted by molar-refractivity contribution is 8.17. The summed E-state index contributed by atoms with van der Waals surface area (Å²) in [5, 5.41) is 10.7. The fourth-order valence-corrected chi connectivity index (χ4v) is 8.87. The van der Waals surface area contributed by atoms with Crippen molar-refractivity contribution in [2.75, 3.05) is 18.1 Å². The molecular formula is C20H29NO5S3. The van der Waals surface area contributed by atoms with Gasteiger partial charge in [-0.05, 0) is 57.3 Å². The molecule has 4 rings (SSSR count). The molecule has 29 heavy (non-hydrogen) atoms. The van der Waals surface area contributed by atoms with E-state index in [1.807, 2.05) is 44.3 Å². The number of hydrogen-bond donors (Lipinski definition) is 1. The Balaban J connectivity index is 1.68. The molecule has 0 saturated carbocycles. The summed E-state index contributed by atoms with van der Waals surface area (Å²) in [7, 11) is -3.77. The third-order valence-electron chi connectivity index (χ3n) is 5.62. The second-order valence-electron chi connectivity index (χ2n) is 8.35. The zero-order chi connectivity index (χ0) is 20.8. The highest BCUT2D eigenvalue weighted by atomic mass is 32.2. The van der Waals surface area contributed by atoms with Gasteiger partial charge in [0.2, 0.25) is 10.0 Å². The molecule has 3 heterocycles. The summed E-state index contributed by atoms with van der Waals surface area (Å²) in [4.78, 5) is 0.251. The van der Waals surface area contributed by atoms with Gasteiger partial charge in [-0.1, -0.05) is 17.7 Å². The zero-order valence-corrected chi connectivity index (χ0v) is 19.4. The molecule has 0 bridgehead atoms. The SMILES string of the molecule is Cc1ccc(S(=O)(=O)N2C[C@@H](O)[C@H]3OC(C)(C)O[C@@H]3[C@H]2CC2SCCCS2)cc1. The lowest BCUT2D eigenvalue weighted by Crippen LogP contribution is -2.62. The van der Waals surface area contributed by atoms with Crippen molar-refractivity contribution in [3.63, 3.8) is 0 Å². The quantitative estimate of drug-likeness (QED) is 0.742. The summed E-state index contributed by atoms with van der Waals surface area (Å²) in [6.45, 7) is 5.58. The van der Waals surface area contributed by atoms with Crippen molar-refractivity contribution in [3.8, 4) is 0 Å². The number of thioether (sulfide) groups is 2. The first-order valence-electron chi connectivity index (χ1n) is 10.0. The fourth-order valence-electron chi connectivity index (χ4n) is 4.24. The number of benzene rings is 1. The summed E-state index contributed by atoms with van der Waals surface area (Å²) >= 11 is 3.77. The van der Waals surface area contributed by atoms with E-state index in [4.69, 9.17) is 9.47 Å². The van der Waals surface area contributed by atoms with E-state index in [0.717, 1.165) is 17.1 Å². The van der Waals surface area contributed by atoms with Crippen LogP contribution < -0.4 is 0 Å². The Bertz CT molecular complexity index is 823. The van der Waals surface area contributed by atoms with E-state index < -0.39 is 34.1 Å². The molecule has 0 aliphatic carbocycles. The van der Waals surface area contributed by atoms with Crippen molar-refractivity contribution in [2.24, 2.45) is 0 Å². The Kier molecular flexibility index (Phi) is 6.30. The molecule has 1 N–H and O–H groups in total. The Morgan fingerprint density at radius 3 is 2.41 bits per heavy atom. The topological polar surface area (TPSA) is 76.1 Å². The number of ether oxygens (including phenoxy) is 2. The van der Waals surface area contributed by atoms with Crippen LogP contribution in [0.1, 0.15) is 32.3 Å². The van der Waals surface area contributed by atoms with Gasteiger partial charge in [-0.2, -0.15) is 4.31 Å². The molecule has 3 aliphatic heterocycles. The van der Waals surface area contributed by atoms with Gasteiger partial charge in [-0.15, -0.1) is 23.5 Å². The molecule has 0 unspecified atom stereocenters. The Hall–Kier alpha value is -0.290. The molecule has 1 aromatic carbocycles. The summed E-state index contributed by atoms with van der Waals surface area (Å²) in [6.07, 6.45) is -0.0763. The lowest BCUT2D eigenvalue weighted by molar-refractivity contribution is -0.153. The summed E-state index contributed by atoms with van der Waals surface area (Å²) in [5.41, 5.74) is 1.00. The fraction of sp³-hybridized carbons (Fsp3) is 0.700. The second-order valence-corrected chi connectivity index (χ2v) is 13.2. The number of piperidine rings is 1. The first kappa shape index (κ1) is 21.9. The van der Waals surface area contributed by atoms with Gasteiger partial charge in [-0.3, -0.25) is 0 Å². The third kappa shape index (κ3) is 4.51. The second kappa shape index (κ2) is 8.33. The average molecular weight is 460 g/mol. The molecule has 0 spiro atoms. The molecule has 4 atom stereocenters. The van der Waals surface area contributed by atoms with E-state index in [1.54, 1.807) is 24.3 Å². The van der Waals surface area contributed by atoms with Crippen LogP contribution in [-0.4, -0.2) is 70.6 Å². The van der Waals surface area contributed by atoms with Gasteiger partial charge < -0.3 is 14.6 Å². The summed E-state index contributed by atoms with van der Waals surface area (Å²) < 4.78 is 41.0. The number of fused-ring (bicyclic) bond motifs is 1. The van der Waals surface area contributed by atoms with Gasteiger partial charge >= 0.3 is 0 Å². The monoisotopic (exact) mass is 459 g/mol. The Morgan fingerprint density at radius 1 is 1.14 bits per heavy atom. The molecular weight excluding hydrogens is 430 g/mol. The molecule has 0 amide bonds. The number of aryl methyl sites for hydroxylation is 1. The minimum absolute atomic E-state index is 0.0174. The van der Waals surface area contributed by atoms with Crippen LogP contribution in [0.5, 0.6) is 0 Å². The van der Waals surface area contributed by atoms with E-state index in [1.165, 1.54) is 10.7 Å². The summed E-state index contributed by atoms with van der Waals surface area (Å²) in [6, 6.07) is 6.51. The molecule has 0 aromatic heterocycles. The van der Waals surface area contributed by atoms with Crippen LogP contribution >= 0.6 is 23.5 Å². The predicted molar refractivity (Wildman–Crippen MR) is 117 cm³/mol. The van der Waals surface area contributed by atoms with Crippen molar-refractivity contribution in [1.82, 2.24) is 4.31 Å². The van der Waals surface area contributed by atoms with Crippen molar-refractivity contribution in [1.29, 1.82) is 0 Å². The van der Waals surface area contributed by atoms with Crippen molar-refractivity contribution < 1.29 is 23.0 Å². The number of rotatable bonds is 4. The Labute approximate surface area is 181 Å². The van der Waals surface area contributed by atoms with Crippen LogP contribution in [0, 0.1) is 6.92 Å². The molecule has 9 heteroatoms. The molecule has 3 fully saturated rings. The molecule has 6 nitrogen and oxygen atoms in total. The van der Waals surface area contributed by atoms with Crippen LogP contribution in [0.3, 0.4) is 0 Å². The lowest BCUT2D eigenvalue weighted by atomic mass is 9.94. The van der Waals surface area contributed by atoms with E-state index in [-0.39, 0.29) is 17.5 Å². The standard InChI is InChI=1S/C20H29NO5S3/c1-13-5-7-14(8-6-13)29(23,24)21-12-16(22)19-18(25-20(2,3)26-19)15(21)11-17-27-9-4-10-28-17/h5-8,15-19,22H,4,9-12H2,1-3H3/t15-,16-,18-,19-/m1/s1. The first-order valence-corrected chi connectivity index (χ1v) is 13.6. The van der Waals surface area contributed by atoms with E-state index in [2.05, 4.69) is 0 Å². The van der Waals surface area contributed by atoms with Crippen LogP contribution in [-0.2, 0) is 19.5 Å². The maximum Gasteiger partial charge on any atom is 0.243 e. The van der Waals surface area contributed by atoms with E-state index in [0.29, 0.717) is 11.0 Å². The number of β-amino-alcohol motifs (C(OH)–C–C–N with tert-alkyl or cyclic N) is 1. The first-order chi connectivity index (χ1) is 13.7. The van der Waals surface area contributed by atoms with Crippen molar-refractivity contribution in [2.45, 2.75) is 73.2 Å². The van der Waals surface area contributed by atoms with Crippen LogP contribution in [0.2, 0.25) is 0 Å². The number of aliphatic hydroxyl groups is 1. The smallest absolute Gasteiger partial charge is 0.243 e. The van der Waals surface area contributed by atoms with Gasteiger partial charge in [-0.25, -0.2) is 8.42 Å². The van der Waals surface area contributed by atoms with Crippen molar-refractivity contribution in [3.05, 3.63) is 29.8 Å². The number of sulfonamides is 1. The predicted octanol–water partition coefficient (Wildman–Crippen LogP) is 2.84. The van der Waals surface area contributed by atoms with E-state index in [9.17, 15) is 13.5 Å². The molecule has 0 radical (unpaired) electrons. The number of aliphatic hydroxyl groups excluding tert-OH is 1. The van der Waals surface area contributed by atoms with Crippen LogP contribution in [0.25, 0.3) is 0 Å². The van der Waals surface area contributed by atoms with Gasteiger partial charge in [0.1, 0.15) is 12.2 Å². The Morgan fingerprint density at radius 2 is 1.76 bits per heavy atom. The van der Waals surface area contributed by atoms with Crippen molar-refractivity contribution >= 4 is 33.5 Å². The third-order valence-corrected chi connectivity index (χ3v) is 10.5. The normalized spacial score (nSPS) is 33.5. The van der Waals surface area contributed by atoms with Crippen LogP contribution in [0.15, 0.2) is 29.2 Å². The molecule has 1 aromatic rings. The maximum atomic E-state index is 13.6. The number of hydrogen-bond acceptors (Lipinski definition) is 7. The molecule has 3 saturated heterocycles. The van der Waals surface area contributed by atoms with E-state index >= 15 is 0 Å². The highest BCUT2D eigenvalue weighted by Gasteiger charge is 2.56.